The Balaban J connectivity index is 1.34. The Bertz CT molecular complexity index is 939. The normalized spacial score (nSPS) is 11.0. The first-order chi connectivity index (χ1) is 13.2. The van der Waals surface area contributed by atoms with Crippen molar-refractivity contribution in [3.05, 3.63) is 71.7 Å². The SMILES string of the molecule is Cc1ccc(-c2noc(CCCc3nc(-c4ccc(F)cc4)no3)n2)cc1. The van der Waals surface area contributed by atoms with E-state index in [-0.39, 0.29) is 5.82 Å². The van der Waals surface area contributed by atoms with Gasteiger partial charge in [0.2, 0.25) is 23.4 Å². The number of halogens is 1. The molecule has 136 valence electrons. The molecule has 0 aliphatic rings. The highest BCUT2D eigenvalue weighted by Gasteiger charge is 2.11. The summed E-state index contributed by atoms with van der Waals surface area (Å²) in [5.74, 6) is 1.83. The lowest BCUT2D eigenvalue weighted by atomic mass is 10.1. The van der Waals surface area contributed by atoms with Gasteiger partial charge in [-0.25, -0.2) is 4.39 Å². The second-order valence-corrected chi connectivity index (χ2v) is 6.25. The monoisotopic (exact) mass is 364 g/mol. The van der Waals surface area contributed by atoms with E-state index >= 15 is 0 Å². The third-order valence-corrected chi connectivity index (χ3v) is 4.13. The molecule has 7 heteroatoms. The molecule has 27 heavy (non-hydrogen) atoms. The minimum Gasteiger partial charge on any atom is -0.339 e. The van der Waals surface area contributed by atoms with Gasteiger partial charge in [-0.15, -0.1) is 0 Å². The summed E-state index contributed by atoms with van der Waals surface area (Å²) in [6.45, 7) is 2.03. The van der Waals surface area contributed by atoms with Crippen LogP contribution < -0.4 is 0 Å². The summed E-state index contributed by atoms with van der Waals surface area (Å²) in [6, 6.07) is 13.9. The lowest BCUT2D eigenvalue weighted by Gasteiger charge is -1.94. The molecular weight excluding hydrogens is 347 g/mol. The summed E-state index contributed by atoms with van der Waals surface area (Å²) >= 11 is 0. The number of nitrogens with zero attached hydrogens (tertiary/aromatic N) is 4. The zero-order valence-electron chi connectivity index (χ0n) is 14.7. The second-order valence-electron chi connectivity index (χ2n) is 6.25. The lowest BCUT2D eigenvalue weighted by Crippen LogP contribution is -1.91. The highest BCUT2D eigenvalue weighted by atomic mass is 19.1. The van der Waals surface area contributed by atoms with Crippen LogP contribution in [0, 0.1) is 12.7 Å². The molecule has 0 N–H and O–H groups in total. The van der Waals surface area contributed by atoms with E-state index < -0.39 is 0 Å². The van der Waals surface area contributed by atoms with Crippen LogP contribution in [-0.4, -0.2) is 20.3 Å². The predicted octanol–water partition coefficient (Wildman–Crippen LogP) is 4.41. The van der Waals surface area contributed by atoms with Crippen LogP contribution in [0.1, 0.15) is 23.8 Å². The van der Waals surface area contributed by atoms with Crippen LogP contribution >= 0.6 is 0 Å². The van der Waals surface area contributed by atoms with Crippen LogP contribution in [0.25, 0.3) is 22.8 Å². The fraction of sp³-hybridized carbons (Fsp3) is 0.200. The highest BCUT2D eigenvalue weighted by Crippen LogP contribution is 2.19. The maximum atomic E-state index is 13.0. The summed E-state index contributed by atoms with van der Waals surface area (Å²) < 4.78 is 23.5. The van der Waals surface area contributed by atoms with Crippen LogP contribution in [0.5, 0.6) is 0 Å². The molecule has 0 aliphatic carbocycles. The standard InChI is InChI=1S/C20H17FN4O2/c1-13-5-7-14(8-6-13)19-22-17(26-24-19)3-2-4-18-23-20(25-27-18)15-9-11-16(21)12-10-15/h5-12H,2-4H2,1H3. The van der Waals surface area contributed by atoms with Crippen molar-refractivity contribution in [2.24, 2.45) is 0 Å². The maximum absolute atomic E-state index is 13.0. The lowest BCUT2D eigenvalue weighted by molar-refractivity contribution is 0.360. The van der Waals surface area contributed by atoms with E-state index in [1.807, 2.05) is 31.2 Å². The molecule has 0 bridgehead atoms. The van der Waals surface area contributed by atoms with Crippen LogP contribution in [0.15, 0.2) is 57.6 Å². The molecule has 2 aromatic carbocycles. The van der Waals surface area contributed by atoms with Crippen LogP contribution in [0.2, 0.25) is 0 Å². The Morgan fingerprint density at radius 1 is 0.741 bits per heavy atom. The zero-order chi connectivity index (χ0) is 18.6. The Kier molecular flexibility index (Phi) is 4.74. The molecule has 0 spiro atoms. The Hall–Kier alpha value is -3.35. The van der Waals surface area contributed by atoms with Gasteiger partial charge in [-0.2, -0.15) is 9.97 Å². The van der Waals surface area contributed by atoms with Crippen molar-refractivity contribution in [1.29, 1.82) is 0 Å². The van der Waals surface area contributed by atoms with Gasteiger partial charge in [0.05, 0.1) is 0 Å². The molecule has 0 atom stereocenters. The Labute approximate surface area is 155 Å². The molecule has 0 saturated carbocycles. The number of hydrogen-bond acceptors (Lipinski definition) is 6. The number of rotatable bonds is 6. The van der Waals surface area contributed by atoms with Crippen LogP contribution in [-0.2, 0) is 12.8 Å². The van der Waals surface area contributed by atoms with E-state index in [1.165, 1.54) is 17.7 Å². The van der Waals surface area contributed by atoms with Crippen LogP contribution in [0.3, 0.4) is 0 Å². The van der Waals surface area contributed by atoms with E-state index in [1.54, 1.807) is 12.1 Å². The molecule has 0 aliphatic heterocycles. The smallest absolute Gasteiger partial charge is 0.226 e. The van der Waals surface area contributed by atoms with E-state index in [2.05, 4.69) is 20.3 Å². The molecule has 0 saturated heterocycles. The van der Waals surface area contributed by atoms with Crippen molar-refractivity contribution in [3.63, 3.8) is 0 Å². The molecule has 2 aromatic heterocycles. The molecule has 4 rings (SSSR count). The van der Waals surface area contributed by atoms with E-state index in [9.17, 15) is 4.39 Å². The maximum Gasteiger partial charge on any atom is 0.226 e. The molecule has 0 unspecified atom stereocenters. The first-order valence-corrected chi connectivity index (χ1v) is 8.65. The van der Waals surface area contributed by atoms with Crippen molar-refractivity contribution in [2.75, 3.05) is 0 Å². The summed E-state index contributed by atoms with van der Waals surface area (Å²) in [6.07, 6.45) is 1.95. The first kappa shape index (κ1) is 17.1. The molecule has 0 fully saturated rings. The fourth-order valence-electron chi connectivity index (χ4n) is 2.64. The van der Waals surface area contributed by atoms with Crippen molar-refractivity contribution in [2.45, 2.75) is 26.2 Å². The molecular formula is C20H17FN4O2. The average Bonchev–Trinajstić information content (AvgIpc) is 3.33. The van der Waals surface area contributed by atoms with Gasteiger partial charge >= 0.3 is 0 Å². The largest absolute Gasteiger partial charge is 0.339 e. The van der Waals surface area contributed by atoms with Crippen molar-refractivity contribution >= 4 is 0 Å². The van der Waals surface area contributed by atoms with Crippen molar-refractivity contribution < 1.29 is 13.4 Å². The van der Waals surface area contributed by atoms with E-state index in [0.29, 0.717) is 41.8 Å². The van der Waals surface area contributed by atoms with Gasteiger partial charge < -0.3 is 9.05 Å². The number of aryl methyl sites for hydroxylation is 3. The van der Waals surface area contributed by atoms with Gasteiger partial charge in [-0.3, -0.25) is 0 Å². The molecule has 0 radical (unpaired) electrons. The van der Waals surface area contributed by atoms with Crippen molar-refractivity contribution in [3.8, 4) is 22.8 Å². The highest BCUT2D eigenvalue weighted by molar-refractivity contribution is 5.54. The van der Waals surface area contributed by atoms with E-state index in [4.69, 9.17) is 9.05 Å². The van der Waals surface area contributed by atoms with Gasteiger partial charge in [0.1, 0.15) is 5.82 Å². The predicted molar refractivity (Wildman–Crippen MR) is 96.2 cm³/mol. The summed E-state index contributed by atoms with van der Waals surface area (Å²) in [5.41, 5.74) is 2.82. The average molecular weight is 364 g/mol. The van der Waals surface area contributed by atoms with Gasteiger partial charge in [0, 0.05) is 24.0 Å². The minimum absolute atomic E-state index is 0.299. The first-order valence-electron chi connectivity index (χ1n) is 8.65. The van der Waals surface area contributed by atoms with Crippen LogP contribution in [0.4, 0.5) is 4.39 Å². The molecule has 6 nitrogen and oxygen atoms in total. The zero-order valence-corrected chi connectivity index (χ0v) is 14.7. The summed E-state index contributed by atoms with van der Waals surface area (Å²) in [5, 5.41) is 7.96. The quantitative estimate of drug-likeness (QED) is 0.504. The van der Waals surface area contributed by atoms with Gasteiger partial charge in [-0.1, -0.05) is 40.1 Å². The number of aromatic nitrogens is 4. The Morgan fingerprint density at radius 2 is 1.22 bits per heavy atom. The van der Waals surface area contributed by atoms with Gasteiger partial charge in [-0.05, 0) is 37.6 Å². The molecule has 0 amide bonds. The molecule has 2 heterocycles. The molecule has 4 aromatic rings. The third-order valence-electron chi connectivity index (χ3n) is 4.13. The third kappa shape index (κ3) is 4.08. The minimum atomic E-state index is -0.299. The number of benzene rings is 2. The fourth-order valence-corrected chi connectivity index (χ4v) is 2.64. The van der Waals surface area contributed by atoms with Crippen molar-refractivity contribution in [1.82, 2.24) is 20.3 Å². The van der Waals surface area contributed by atoms with E-state index in [0.717, 1.165) is 12.0 Å². The summed E-state index contributed by atoms with van der Waals surface area (Å²) in [4.78, 5) is 8.76. The topological polar surface area (TPSA) is 77.8 Å². The van der Waals surface area contributed by atoms with Gasteiger partial charge in [0.15, 0.2) is 0 Å². The second kappa shape index (κ2) is 7.49. The number of hydrogen-bond donors (Lipinski definition) is 0. The van der Waals surface area contributed by atoms with Gasteiger partial charge in [0.25, 0.3) is 0 Å². The Morgan fingerprint density at radius 3 is 1.74 bits per heavy atom. The summed E-state index contributed by atoms with van der Waals surface area (Å²) in [7, 11) is 0.